The van der Waals surface area contributed by atoms with E-state index in [2.05, 4.69) is 5.10 Å². The van der Waals surface area contributed by atoms with E-state index in [1.165, 1.54) is 6.20 Å². The quantitative estimate of drug-likeness (QED) is 0.803. The molecule has 2 saturated heterocycles. The molecule has 2 aliphatic rings. The molecule has 2 fully saturated rings. The van der Waals surface area contributed by atoms with Crippen molar-refractivity contribution in [3.63, 3.8) is 0 Å². The summed E-state index contributed by atoms with van der Waals surface area (Å²) in [7, 11) is 0. The molecule has 0 aromatic carbocycles. The third-order valence-corrected chi connectivity index (χ3v) is 3.53. The molecule has 0 unspecified atom stereocenters. The lowest BCUT2D eigenvalue weighted by atomic mass is 10.0. The number of rotatable bonds is 2. The number of ether oxygens (including phenoxy) is 2. The second-order valence-corrected chi connectivity index (χ2v) is 5.00. The van der Waals surface area contributed by atoms with Gasteiger partial charge in [0.15, 0.2) is 5.79 Å². The number of carbonyl (C=O) groups is 1. The van der Waals surface area contributed by atoms with Gasteiger partial charge in [-0.2, -0.15) is 5.10 Å². The molecule has 19 heavy (non-hydrogen) atoms. The lowest BCUT2D eigenvalue weighted by molar-refractivity contribution is -0.193. The third-order valence-electron chi connectivity index (χ3n) is 3.53. The van der Waals surface area contributed by atoms with E-state index in [0.29, 0.717) is 25.4 Å². The molecule has 0 radical (unpaired) electrons. The monoisotopic (exact) mass is 266 g/mol. The van der Waals surface area contributed by atoms with Crippen LogP contribution in [0.3, 0.4) is 0 Å². The highest BCUT2D eigenvalue weighted by Gasteiger charge is 2.41. The molecule has 7 heteroatoms. The summed E-state index contributed by atoms with van der Waals surface area (Å²) in [6.07, 6.45) is 4.94. The van der Waals surface area contributed by atoms with Crippen LogP contribution in [0.4, 0.5) is 5.69 Å². The van der Waals surface area contributed by atoms with Crippen LogP contribution >= 0.6 is 0 Å². The Hall–Kier alpha value is -1.60. The normalized spacial score (nSPS) is 22.0. The molecule has 3 heterocycles. The van der Waals surface area contributed by atoms with Crippen LogP contribution in [0.15, 0.2) is 12.4 Å². The molecule has 0 bridgehead atoms. The summed E-state index contributed by atoms with van der Waals surface area (Å²) in [5, 5.41) is 4.02. The van der Waals surface area contributed by atoms with E-state index in [1.807, 2.05) is 0 Å². The van der Waals surface area contributed by atoms with Crippen LogP contribution in [0, 0.1) is 0 Å². The highest BCUT2D eigenvalue weighted by molar-refractivity contribution is 5.76. The fourth-order valence-electron chi connectivity index (χ4n) is 2.64. The van der Waals surface area contributed by atoms with Gasteiger partial charge in [-0.25, -0.2) is 0 Å². The summed E-state index contributed by atoms with van der Waals surface area (Å²) >= 11 is 0. The van der Waals surface area contributed by atoms with Crippen LogP contribution in [0.1, 0.15) is 12.8 Å². The Morgan fingerprint density at radius 3 is 2.95 bits per heavy atom. The summed E-state index contributed by atoms with van der Waals surface area (Å²) in [4.78, 5) is 14.0. The van der Waals surface area contributed by atoms with Gasteiger partial charge >= 0.3 is 0 Å². The zero-order valence-corrected chi connectivity index (χ0v) is 10.7. The van der Waals surface area contributed by atoms with E-state index in [4.69, 9.17) is 15.2 Å². The average molecular weight is 266 g/mol. The maximum atomic E-state index is 12.2. The Balaban J connectivity index is 1.63. The lowest BCUT2D eigenvalue weighted by Gasteiger charge is -2.38. The Morgan fingerprint density at radius 1 is 1.47 bits per heavy atom. The summed E-state index contributed by atoms with van der Waals surface area (Å²) < 4.78 is 12.9. The van der Waals surface area contributed by atoms with Gasteiger partial charge in [0.05, 0.1) is 31.6 Å². The van der Waals surface area contributed by atoms with Crippen molar-refractivity contribution in [2.75, 3.05) is 32.0 Å². The number of hydrogen-bond donors (Lipinski definition) is 1. The number of amides is 1. The number of carbonyl (C=O) groups excluding carboxylic acids is 1. The maximum absolute atomic E-state index is 12.2. The molecule has 0 aliphatic carbocycles. The first-order valence-corrected chi connectivity index (χ1v) is 6.51. The van der Waals surface area contributed by atoms with Crippen molar-refractivity contribution in [3.05, 3.63) is 12.4 Å². The minimum atomic E-state index is -0.572. The Labute approximate surface area is 111 Å². The van der Waals surface area contributed by atoms with Gasteiger partial charge in [-0.15, -0.1) is 0 Å². The highest BCUT2D eigenvalue weighted by Crippen LogP contribution is 2.30. The fourth-order valence-corrected chi connectivity index (χ4v) is 2.64. The first-order valence-electron chi connectivity index (χ1n) is 6.51. The number of nitrogens with zero attached hydrogens (tertiary/aromatic N) is 3. The number of hydrogen-bond acceptors (Lipinski definition) is 5. The molecule has 1 amide bonds. The van der Waals surface area contributed by atoms with E-state index >= 15 is 0 Å². The Kier molecular flexibility index (Phi) is 3.16. The van der Waals surface area contributed by atoms with Gasteiger partial charge in [-0.1, -0.05) is 0 Å². The zero-order chi connectivity index (χ0) is 13.3. The van der Waals surface area contributed by atoms with Gasteiger partial charge in [0.1, 0.15) is 6.54 Å². The Bertz CT molecular complexity index is 467. The van der Waals surface area contributed by atoms with E-state index < -0.39 is 5.79 Å². The van der Waals surface area contributed by atoms with Crippen LogP contribution in [0.2, 0.25) is 0 Å². The smallest absolute Gasteiger partial charge is 0.244 e. The molecule has 0 saturated carbocycles. The standard InChI is InChI=1S/C12H18N4O3/c13-10-6-14-16(7-10)8-11(17)15-3-1-2-12(9-15)18-4-5-19-12/h6-7H,1-5,8-9,13H2. The van der Waals surface area contributed by atoms with Gasteiger partial charge in [-0.3, -0.25) is 9.48 Å². The number of piperidine rings is 1. The second kappa shape index (κ2) is 4.82. The minimum Gasteiger partial charge on any atom is -0.396 e. The summed E-state index contributed by atoms with van der Waals surface area (Å²) in [6, 6.07) is 0. The van der Waals surface area contributed by atoms with Crippen LogP contribution < -0.4 is 5.73 Å². The summed E-state index contributed by atoms with van der Waals surface area (Å²) in [6.45, 7) is 2.66. The van der Waals surface area contributed by atoms with Crippen molar-refractivity contribution in [2.24, 2.45) is 0 Å². The molecule has 3 rings (SSSR count). The third kappa shape index (κ3) is 2.57. The number of anilines is 1. The first kappa shape index (κ1) is 12.4. The Morgan fingerprint density at radius 2 is 2.26 bits per heavy atom. The summed E-state index contributed by atoms with van der Waals surface area (Å²) in [5.41, 5.74) is 6.14. The van der Waals surface area contributed by atoms with Crippen molar-refractivity contribution < 1.29 is 14.3 Å². The SMILES string of the molecule is Nc1cnn(CC(=O)N2CCCC3(C2)OCCO3)c1. The molecule has 1 aromatic heterocycles. The highest BCUT2D eigenvalue weighted by atomic mass is 16.7. The molecule has 2 aliphatic heterocycles. The van der Waals surface area contributed by atoms with E-state index in [-0.39, 0.29) is 12.5 Å². The number of aromatic nitrogens is 2. The minimum absolute atomic E-state index is 0.0151. The molecular weight excluding hydrogens is 248 g/mol. The molecule has 7 nitrogen and oxygen atoms in total. The van der Waals surface area contributed by atoms with Crippen molar-refractivity contribution >= 4 is 11.6 Å². The van der Waals surface area contributed by atoms with Gasteiger partial charge in [-0.05, 0) is 6.42 Å². The second-order valence-electron chi connectivity index (χ2n) is 5.00. The molecule has 104 valence electrons. The van der Waals surface area contributed by atoms with Gasteiger partial charge in [0, 0.05) is 19.2 Å². The van der Waals surface area contributed by atoms with Gasteiger partial charge < -0.3 is 20.1 Å². The van der Waals surface area contributed by atoms with Gasteiger partial charge in [0.25, 0.3) is 0 Å². The number of likely N-dealkylation sites (tertiary alicyclic amines) is 1. The molecule has 2 N–H and O–H groups in total. The van der Waals surface area contributed by atoms with Crippen molar-refractivity contribution in [1.29, 1.82) is 0 Å². The van der Waals surface area contributed by atoms with Crippen LogP contribution in [0.25, 0.3) is 0 Å². The molecular formula is C12H18N4O3. The van der Waals surface area contributed by atoms with E-state index in [9.17, 15) is 4.79 Å². The number of nitrogens with two attached hydrogens (primary N) is 1. The largest absolute Gasteiger partial charge is 0.396 e. The van der Waals surface area contributed by atoms with E-state index in [0.717, 1.165) is 19.4 Å². The fraction of sp³-hybridized carbons (Fsp3) is 0.667. The van der Waals surface area contributed by atoms with Crippen LogP contribution in [0.5, 0.6) is 0 Å². The average Bonchev–Trinajstić information content (AvgIpc) is 3.00. The zero-order valence-electron chi connectivity index (χ0n) is 10.7. The molecule has 1 aromatic rings. The molecule has 0 atom stereocenters. The topological polar surface area (TPSA) is 82.6 Å². The lowest BCUT2D eigenvalue weighted by Crippen LogP contribution is -2.51. The van der Waals surface area contributed by atoms with E-state index in [1.54, 1.807) is 15.8 Å². The van der Waals surface area contributed by atoms with Crippen molar-refractivity contribution in [2.45, 2.75) is 25.2 Å². The molecule has 1 spiro atoms. The summed E-state index contributed by atoms with van der Waals surface area (Å²) in [5.74, 6) is -0.557. The predicted molar refractivity (Wildman–Crippen MR) is 67.1 cm³/mol. The van der Waals surface area contributed by atoms with Crippen molar-refractivity contribution in [3.8, 4) is 0 Å². The first-order chi connectivity index (χ1) is 9.17. The van der Waals surface area contributed by atoms with Gasteiger partial charge in [0.2, 0.25) is 5.91 Å². The van der Waals surface area contributed by atoms with Crippen LogP contribution in [-0.4, -0.2) is 52.7 Å². The van der Waals surface area contributed by atoms with Crippen LogP contribution in [-0.2, 0) is 20.8 Å². The maximum Gasteiger partial charge on any atom is 0.244 e. The van der Waals surface area contributed by atoms with Crippen molar-refractivity contribution in [1.82, 2.24) is 14.7 Å². The predicted octanol–water partition coefficient (Wildman–Crippen LogP) is -0.169. The number of nitrogen functional groups attached to an aromatic ring is 1.